The first-order valence-corrected chi connectivity index (χ1v) is 11.8. The lowest BCUT2D eigenvalue weighted by molar-refractivity contribution is -0.115. The van der Waals surface area contributed by atoms with Gasteiger partial charge in [-0.2, -0.15) is 0 Å². The Balaban J connectivity index is 1.32. The van der Waals surface area contributed by atoms with E-state index in [2.05, 4.69) is 10.3 Å². The van der Waals surface area contributed by atoms with Gasteiger partial charge in [0.2, 0.25) is 5.91 Å². The molecule has 1 aliphatic carbocycles. The van der Waals surface area contributed by atoms with Gasteiger partial charge >= 0.3 is 0 Å². The maximum atomic E-state index is 13.0. The molecule has 0 fully saturated rings. The van der Waals surface area contributed by atoms with E-state index in [4.69, 9.17) is 4.74 Å². The van der Waals surface area contributed by atoms with Gasteiger partial charge in [0, 0.05) is 46.0 Å². The molecule has 1 aromatic heterocycles. The number of thioether (sulfide) groups is 1. The van der Waals surface area contributed by atoms with Crippen molar-refractivity contribution in [2.24, 2.45) is 0 Å². The Bertz CT molecular complexity index is 1460. The number of hydrogen-bond donors (Lipinski definition) is 1. The lowest BCUT2D eigenvalue weighted by Gasteiger charge is -2.19. The molecule has 3 aromatic carbocycles. The molecule has 1 aliphatic rings. The molecule has 8 heteroatoms. The molecule has 1 N–H and O–H groups in total. The fourth-order valence-electron chi connectivity index (χ4n) is 3.95. The van der Waals surface area contributed by atoms with E-state index >= 15 is 0 Å². The Morgan fingerprint density at radius 3 is 2.29 bits per heavy atom. The molecule has 1 atom stereocenters. The van der Waals surface area contributed by atoms with Crippen molar-refractivity contribution in [2.45, 2.75) is 17.3 Å². The Hall–Kier alpha value is -4.17. The van der Waals surface area contributed by atoms with Crippen LogP contribution < -0.4 is 10.1 Å². The minimum absolute atomic E-state index is 0.192. The van der Waals surface area contributed by atoms with Crippen molar-refractivity contribution in [3.8, 4) is 11.4 Å². The third-order valence-corrected chi connectivity index (χ3v) is 6.88. The molecular weight excluding hydrogens is 462 g/mol. The van der Waals surface area contributed by atoms with Gasteiger partial charge in [0.05, 0.1) is 12.4 Å². The number of carbonyl (C=O) groups excluding carboxylic acids is 3. The number of rotatable bonds is 6. The summed E-state index contributed by atoms with van der Waals surface area (Å²) in [5.41, 5.74) is 2.77. The average molecular weight is 484 g/mol. The van der Waals surface area contributed by atoms with Crippen molar-refractivity contribution < 1.29 is 19.1 Å². The maximum absolute atomic E-state index is 13.0. The van der Waals surface area contributed by atoms with Crippen LogP contribution in [0, 0.1) is 0 Å². The second kappa shape index (κ2) is 9.23. The molecule has 1 amide bonds. The zero-order chi connectivity index (χ0) is 24.5. The highest BCUT2D eigenvalue weighted by Gasteiger charge is 2.29. The fourth-order valence-corrected chi connectivity index (χ4v) is 4.83. The average Bonchev–Trinajstić information content (AvgIpc) is 3.35. The number of carbonyl (C=O) groups is 3. The van der Waals surface area contributed by atoms with Gasteiger partial charge in [-0.05, 0) is 49.4 Å². The predicted octanol–water partition coefficient (Wildman–Crippen LogP) is 4.78. The SMILES string of the molecule is COc1ccc(-n2ccnc2SC(C)C(=O)Nc2ccc3c(c2)C(=O)c2ccccc2C3=O)cc1. The number of aromatic nitrogens is 2. The van der Waals surface area contributed by atoms with Gasteiger partial charge < -0.3 is 10.1 Å². The van der Waals surface area contributed by atoms with Crippen LogP contribution >= 0.6 is 11.8 Å². The number of methoxy groups -OCH3 is 1. The largest absolute Gasteiger partial charge is 0.497 e. The minimum atomic E-state index is -0.469. The molecule has 0 saturated carbocycles. The number of nitrogens with zero attached hydrogens (tertiary/aromatic N) is 2. The van der Waals surface area contributed by atoms with E-state index in [0.717, 1.165) is 11.4 Å². The van der Waals surface area contributed by atoms with Crippen molar-refractivity contribution in [2.75, 3.05) is 12.4 Å². The van der Waals surface area contributed by atoms with Crippen LogP contribution in [-0.4, -0.2) is 39.4 Å². The second-order valence-electron chi connectivity index (χ2n) is 7.99. The van der Waals surface area contributed by atoms with Crippen LogP contribution in [0.25, 0.3) is 5.69 Å². The van der Waals surface area contributed by atoms with E-state index < -0.39 is 5.25 Å². The van der Waals surface area contributed by atoms with Crippen LogP contribution in [0.1, 0.15) is 38.8 Å². The third-order valence-electron chi connectivity index (χ3n) is 5.80. The Morgan fingerprint density at radius 1 is 0.943 bits per heavy atom. The molecule has 7 nitrogen and oxygen atoms in total. The molecule has 35 heavy (non-hydrogen) atoms. The highest BCUT2D eigenvalue weighted by atomic mass is 32.2. The van der Waals surface area contributed by atoms with Crippen LogP contribution in [0.2, 0.25) is 0 Å². The van der Waals surface area contributed by atoms with Gasteiger partial charge in [-0.25, -0.2) is 4.98 Å². The summed E-state index contributed by atoms with van der Waals surface area (Å²) in [6.45, 7) is 1.79. The van der Waals surface area contributed by atoms with Crippen LogP contribution in [0.4, 0.5) is 5.69 Å². The molecule has 0 radical (unpaired) electrons. The zero-order valence-corrected chi connectivity index (χ0v) is 19.8. The van der Waals surface area contributed by atoms with E-state index in [1.165, 1.54) is 11.8 Å². The van der Waals surface area contributed by atoms with Gasteiger partial charge in [-0.15, -0.1) is 0 Å². The number of nitrogens with one attached hydrogen (secondary N) is 1. The van der Waals surface area contributed by atoms with Crippen molar-refractivity contribution in [1.82, 2.24) is 9.55 Å². The van der Waals surface area contributed by atoms with Crippen molar-refractivity contribution in [3.05, 3.63) is 101 Å². The number of benzene rings is 3. The van der Waals surface area contributed by atoms with Crippen LogP contribution in [0.15, 0.2) is 84.3 Å². The number of imidazole rings is 1. The summed E-state index contributed by atoms with van der Waals surface area (Å²) in [5.74, 6) is 0.0939. The summed E-state index contributed by atoms with van der Waals surface area (Å²) >= 11 is 1.32. The van der Waals surface area contributed by atoms with Gasteiger partial charge in [0.1, 0.15) is 5.75 Å². The number of ketones is 2. The van der Waals surface area contributed by atoms with Gasteiger partial charge in [-0.3, -0.25) is 19.0 Å². The van der Waals surface area contributed by atoms with Crippen LogP contribution in [0.5, 0.6) is 5.75 Å². The summed E-state index contributed by atoms with van der Waals surface area (Å²) in [4.78, 5) is 43.1. The number of anilines is 1. The quantitative estimate of drug-likeness (QED) is 0.350. The summed E-state index contributed by atoms with van der Waals surface area (Å²) in [7, 11) is 1.61. The van der Waals surface area contributed by atoms with E-state index in [9.17, 15) is 14.4 Å². The summed E-state index contributed by atoms with van der Waals surface area (Å²) in [6, 6.07) is 19.1. The Kier molecular flexibility index (Phi) is 5.96. The normalized spacial score (nSPS) is 13.1. The highest BCUT2D eigenvalue weighted by Crippen LogP contribution is 2.30. The van der Waals surface area contributed by atoms with Crippen LogP contribution in [0.3, 0.4) is 0 Å². The monoisotopic (exact) mass is 483 g/mol. The van der Waals surface area contributed by atoms with Crippen LogP contribution in [-0.2, 0) is 4.79 Å². The van der Waals surface area contributed by atoms with Gasteiger partial charge in [0.15, 0.2) is 16.7 Å². The number of ether oxygens (including phenoxy) is 1. The molecule has 0 bridgehead atoms. The van der Waals surface area contributed by atoms with E-state index in [1.54, 1.807) is 62.7 Å². The highest BCUT2D eigenvalue weighted by molar-refractivity contribution is 8.00. The van der Waals surface area contributed by atoms with Gasteiger partial charge in [-0.1, -0.05) is 36.0 Å². The first-order chi connectivity index (χ1) is 17.0. The standard InChI is InChI=1S/C27H21N3O4S/c1-16(35-27-28-13-14-30(27)18-8-10-19(34-2)11-9-18)26(33)29-17-7-12-22-23(15-17)25(32)21-6-4-3-5-20(21)24(22)31/h3-16H,1-2H3,(H,29,33). The number of fused-ring (bicyclic) bond motifs is 2. The lowest BCUT2D eigenvalue weighted by atomic mass is 9.84. The lowest BCUT2D eigenvalue weighted by Crippen LogP contribution is -2.24. The maximum Gasteiger partial charge on any atom is 0.237 e. The zero-order valence-electron chi connectivity index (χ0n) is 19.0. The predicted molar refractivity (Wildman–Crippen MR) is 134 cm³/mol. The molecule has 1 unspecified atom stereocenters. The fraction of sp³-hybridized carbons (Fsp3) is 0.111. The van der Waals surface area contributed by atoms with Crippen molar-refractivity contribution in [1.29, 1.82) is 0 Å². The van der Waals surface area contributed by atoms with Crippen molar-refractivity contribution >= 4 is 34.9 Å². The molecule has 0 aliphatic heterocycles. The second-order valence-corrected chi connectivity index (χ2v) is 9.30. The first-order valence-electron chi connectivity index (χ1n) is 10.9. The van der Waals surface area contributed by atoms with E-state index in [-0.39, 0.29) is 17.5 Å². The molecular formula is C27H21N3O4S. The molecule has 0 spiro atoms. The molecule has 1 heterocycles. The molecule has 0 saturated heterocycles. The Labute approximate surface area is 206 Å². The summed E-state index contributed by atoms with van der Waals surface area (Å²) in [5, 5.41) is 3.06. The molecule has 174 valence electrons. The van der Waals surface area contributed by atoms with E-state index in [0.29, 0.717) is 33.1 Å². The Morgan fingerprint density at radius 2 is 1.60 bits per heavy atom. The van der Waals surface area contributed by atoms with E-state index in [1.807, 2.05) is 35.0 Å². The summed E-state index contributed by atoms with van der Waals surface area (Å²) in [6.07, 6.45) is 3.51. The minimum Gasteiger partial charge on any atom is -0.497 e. The number of hydrogen-bond acceptors (Lipinski definition) is 6. The third kappa shape index (κ3) is 4.24. The first kappa shape index (κ1) is 22.6. The van der Waals surface area contributed by atoms with Crippen molar-refractivity contribution in [3.63, 3.8) is 0 Å². The van der Waals surface area contributed by atoms with Gasteiger partial charge in [0.25, 0.3) is 0 Å². The summed E-state index contributed by atoms with van der Waals surface area (Å²) < 4.78 is 7.11. The molecule has 4 aromatic rings. The smallest absolute Gasteiger partial charge is 0.237 e. The molecule has 5 rings (SSSR count). The number of amides is 1. The topological polar surface area (TPSA) is 90.3 Å².